The minimum absolute atomic E-state index is 0.979. The van der Waals surface area contributed by atoms with Crippen LogP contribution < -0.4 is 4.90 Å². The number of benzene rings is 1. The van der Waals surface area contributed by atoms with Crippen molar-refractivity contribution in [2.45, 2.75) is 17.0 Å². The highest BCUT2D eigenvalue weighted by Crippen LogP contribution is 2.32. The lowest BCUT2D eigenvalue weighted by atomic mass is 10.1. The first kappa shape index (κ1) is 22.5. The van der Waals surface area contributed by atoms with Gasteiger partial charge in [-0.05, 0) is 30.1 Å². The van der Waals surface area contributed by atoms with Gasteiger partial charge in [-0.3, -0.25) is 0 Å². The molecule has 9 heteroatoms. The standard InChI is InChI=1S/C20H22N4S.C2H2O4/c1-2-23-11-13-24(14-12-23)20-17-8-4-3-7-16(17)15-19(22-20)25-18-9-5-6-10-21-18;3-1(4)2(5)6/h3-10,15H,2,11-14H2,1H3;(H,3,4)(H,5,6). The summed E-state index contributed by atoms with van der Waals surface area (Å²) in [7, 11) is 0. The Kier molecular flexibility index (Phi) is 7.80. The van der Waals surface area contributed by atoms with Gasteiger partial charge in [0.1, 0.15) is 15.9 Å². The highest BCUT2D eigenvalue weighted by atomic mass is 32.2. The van der Waals surface area contributed by atoms with E-state index in [0.717, 1.165) is 48.6 Å². The molecule has 4 rings (SSSR count). The Balaban J connectivity index is 0.000000401. The van der Waals surface area contributed by atoms with Gasteiger partial charge in [-0.1, -0.05) is 49.0 Å². The Bertz CT molecular complexity index is 1030. The lowest BCUT2D eigenvalue weighted by Crippen LogP contribution is -2.46. The monoisotopic (exact) mass is 440 g/mol. The van der Waals surface area contributed by atoms with Gasteiger partial charge < -0.3 is 20.0 Å². The van der Waals surface area contributed by atoms with Gasteiger partial charge in [0.2, 0.25) is 0 Å². The van der Waals surface area contributed by atoms with Crippen molar-refractivity contribution < 1.29 is 19.8 Å². The van der Waals surface area contributed by atoms with Gasteiger partial charge in [-0.15, -0.1) is 0 Å². The topological polar surface area (TPSA) is 107 Å². The van der Waals surface area contributed by atoms with Crippen LogP contribution in [0.25, 0.3) is 10.8 Å². The SMILES string of the molecule is CCN1CCN(c2nc(Sc3ccccn3)cc3ccccc23)CC1.O=C(O)C(=O)O. The Hall–Kier alpha value is -3.17. The number of pyridine rings is 2. The molecule has 8 nitrogen and oxygen atoms in total. The molecular weight excluding hydrogens is 416 g/mol. The molecule has 1 saturated heterocycles. The molecule has 0 amide bonds. The molecule has 0 spiro atoms. The third-order valence-corrected chi connectivity index (χ3v) is 5.71. The fourth-order valence-corrected chi connectivity index (χ4v) is 4.03. The van der Waals surface area contributed by atoms with Crippen LogP contribution in [-0.2, 0) is 9.59 Å². The molecule has 0 aliphatic carbocycles. The molecule has 162 valence electrons. The number of fused-ring (bicyclic) bond motifs is 1. The number of hydrogen-bond acceptors (Lipinski definition) is 7. The highest BCUT2D eigenvalue weighted by molar-refractivity contribution is 7.99. The maximum atomic E-state index is 9.10. The molecule has 3 heterocycles. The van der Waals surface area contributed by atoms with E-state index in [1.807, 2.05) is 24.4 Å². The van der Waals surface area contributed by atoms with E-state index in [1.54, 1.807) is 11.8 Å². The van der Waals surface area contributed by atoms with Crippen LogP contribution in [0.1, 0.15) is 6.92 Å². The summed E-state index contributed by atoms with van der Waals surface area (Å²) >= 11 is 1.63. The predicted molar refractivity (Wildman–Crippen MR) is 120 cm³/mol. The zero-order chi connectivity index (χ0) is 22.2. The zero-order valence-corrected chi connectivity index (χ0v) is 18.0. The minimum Gasteiger partial charge on any atom is -0.473 e. The normalized spacial score (nSPS) is 14.0. The summed E-state index contributed by atoms with van der Waals surface area (Å²) in [6, 6.07) is 16.7. The molecule has 3 aromatic rings. The van der Waals surface area contributed by atoms with E-state index in [0.29, 0.717) is 0 Å². The van der Waals surface area contributed by atoms with Crippen molar-refractivity contribution in [3.05, 3.63) is 54.7 Å². The summed E-state index contributed by atoms with van der Waals surface area (Å²) in [6.07, 6.45) is 1.83. The first-order chi connectivity index (χ1) is 15.0. The third kappa shape index (κ3) is 6.16. The first-order valence-electron chi connectivity index (χ1n) is 9.90. The molecule has 0 unspecified atom stereocenters. The van der Waals surface area contributed by atoms with Crippen molar-refractivity contribution in [2.75, 3.05) is 37.6 Å². The Labute approximate surface area is 184 Å². The van der Waals surface area contributed by atoms with Gasteiger partial charge in [0.05, 0.1) is 0 Å². The smallest absolute Gasteiger partial charge is 0.414 e. The molecule has 0 saturated carbocycles. The van der Waals surface area contributed by atoms with Crippen LogP contribution in [0, 0.1) is 0 Å². The largest absolute Gasteiger partial charge is 0.473 e. The van der Waals surface area contributed by atoms with Gasteiger partial charge in [0.15, 0.2) is 0 Å². The van der Waals surface area contributed by atoms with Gasteiger partial charge >= 0.3 is 11.9 Å². The van der Waals surface area contributed by atoms with Crippen LogP contribution in [0.5, 0.6) is 0 Å². The van der Waals surface area contributed by atoms with Crippen molar-refractivity contribution in [3.8, 4) is 0 Å². The number of nitrogens with zero attached hydrogens (tertiary/aromatic N) is 4. The number of aromatic nitrogens is 2. The van der Waals surface area contributed by atoms with E-state index in [1.165, 1.54) is 10.8 Å². The van der Waals surface area contributed by atoms with Crippen LogP contribution in [0.15, 0.2) is 64.8 Å². The summed E-state index contributed by atoms with van der Waals surface area (Å²) in [5, 5.41) is 19.2. The number of anilines is 1. The van der Waals surface area contributed by atoms with E-state index in [-0.39, 0.29) is 0 Å². The molecule has 0 radical (unpaired) electrons. The van der Waals surface area contributed by atoms with Crippen LogP contribution >= 0.6 is 11.8 Å². The number of rotatable bonds is 4. The number of hydrogen-bond donors (Lipinski definition) is 2. The van der Waals surface area contributed by atoms with Crippen LogP contribution in [-0.4, -0.2) is 69.7 Å². The Morgan fingerprint density at radius 3 is 2.26 bits per heavy atom. The van der Waals surface area contributed by atoms with E-state index in [2.05, 4.69) is 52.0 Å². The van der Waals surface area contributed by atoms with E-state index < -0.39 is 11.9 Å². The molecule has 1 aromatic carbocycles. The molecule has 1 fully saturated rings. The fourth-order valence-electron chi connectivity index (χ4n) is 3.24. The molecule has 1 aliphatic heterocycles. The maximum absolute atomic E-state index is 9.10. The Morgan fingerprint density at radius 1 is 0.968 bits per heavy atom. The number of carboxylic acids is 2. The number of carbonyl (C=O) groups is 2. The Morgan fingerprint density at radius 2 is 1.65 bits per heavy atom. The van der Waals surface area contributed by atoms with E-state index >= 15 is 0 Å². The molecule has 2 aromatic heterocycles. The molecule has 31 heavy (non-hydrogen) atoms. The second-order valence-corrected chi connectivity index (χ2v) is 7.85. The molecular formula is C22H24N4O4S. The molecule has 0 bridgehead atoms. The van der Waals surface area contributed by atoms with Crippen molar-refractivity contribution in [1.82, 2.24) is 14.9 Å². The second-order valence-electron chi connectivity index (χ2n) is 6.81. The molecule has 1 aliphatic rings. The molecule has 2 N–H and O–H groups in total. The molecule has 0 atom stereocenters. The summed E-state index contributed by atoms with van der Waals surface area (Å²) in [5.74, 6) is -2.54. The number of carboxylic acid groups (broad SMARTS) is 2. The van der Waals surface area contributed by atoms with Crippen molar-refractivity contribution in [3.63, 3.8) is 0 Å². The van der Waals surface area contributed by atoms with E-state index in [4.69, 9.17) is 24.8 Å². The van der Waals surface area contributed by atoms with Gasteiger partial charge in [0.25, 0.3) is 0 Å². The quantitative estimate of drug-likeness (QED) is 0.592. The lowest BCUT2D eigenvalue weighted by molar-refractivity contribution is -0.159. The van der Waals surface area contributed by atoms with Gasteiger partial charge in [-0.25, -0.2) is 19.6 Å². The average molecular weight is 441 g/mol. The van der Waals surface area contributed by atoms with Gasteiger partial charge in [-0.2, -0.15) is 0 Å². The lowest BCUT2D eigenvalue weighted by Gasteiger charge is -2.35. The minimum atomic E-state index is -1.82. The fraction of sp³-hybridized carbons (Fsp3) is 0.273. The third-order valence-electron chi connectivity index (χ3n) is 4.85. The van der Waals surface area contributed by atoms with Gasteiger partial charge in [0, 0.05) is 37.8 Å². The van der Waals surface area contributed by atoms with E-state index in [9.17, 15) is 0 Å². The summed E-state index contributed by atoms with van der Waals surface area (Å²) in [5.41, 5.74) is 0. The number of likely N-dealkylation sites (N-methyl/N-ethyl adjacent to an activating group) is 1. The summed E-state index contributed by atoms with van der Waals surface area (Å²) < 4.78 is 0. The summed E-state index contributed by atoms with van der Waals surface area (Å²) in [4.78, 5) is 32.5. The number of piperazine rings is 1. The van der Waals surface area contributed by atoms with Crippen LogP contribution in [0.3, 0.4) is 0 Å². The highest BCUT2D eigenvalue weighted by Gasteiger charge is 2.19. The number of aliphatic carboxylic acids is 2. The van der Waals surface area contributed by atoms with Crippen molar-refractivity contribution in [1.29, 1.82) is 0 Å². The van der Waals surface area contributed by atoms with Crippen molar-refractivity contribution >= 4 is 40.3 Å². The zero-order valence-electron chi connectivity index (χ0n) is 17.1. The van der Waals surface area contributed by atoms with Crippen LogP contribution in [0.4, 0.5) is 5.82 Å². The maximum Gasteiger partial charge on any atom is 0.414 e. The predicted octanol–water partition coefficient (Wildman–Crippen LogP) is 3.08. The summed E-state index contributed by atoms with van der Waals surface area (Å²) in [6.45, 7) is 7.62. The second kappa shape index (κ2) is 10.7. The average Bonchev–Trinajstić information content (AvgIpc) is 2.79. The van der Waals surface area contributed by atoms with Crippen molar-refractivity contribution in [2.24, 2.45) is 0 Å². The van der Waals surface area contributed by atoms with Crippen LogP contribution in [0.2, 0.25) is 0 Å². The first-order valence-corrected chi connectivity index (χ1v) is 10.7.